The summed E-state index contributed by atoms with van der Waals surface area (Å²) in [6, 6.07) is 5.83. The van der Waals surface area contributed by atoms with Crippen LogP contribution >= 0.6 is 0 Å². The molecule has 0 aliphatic carbocycles. The van der Waals surface area contributed by atoms with E-state index in [2.05, 4.69) is 20.3 Å². The number of rotatable bonds is 3. The van der Waals surface area contributed by atoms with Gasteiger partial charge in [0, 0.05) is 38.3 Å². The van der Waals surface area contributed by atoms with E-state index >= 15 is 0 Å². The molecule has 1 N–H and O–H groups in total. The molecular formula is C17H21N5O. The summed E-state index contributed by atoms with van der Waals surface area (Å²) in [5.41, 5.74) is 2.08. The van der Waals surface area contributed by atoms with E-state index in [4.69, 9.17) is 0 Å². The lowest BCUT2D eigenvalue weighted by Gasteiger charge is -2.31. The third-order valence-electron chi connectivity index (χ3n) is 4.11. The van der Waals surface area contributed by atoms with Gasteiger partial charge in [-0.2, -0.15) is 0 Å². The number of likely N-dealkylation sites (tertiary alicyclic amines) is 1. The Bertz CT molecular complexity index is 686. The third kappa shape index (κ3) is 3.83. The first-order chi connectivity index (χ1) is 11.1. The van der Waals surface area contributed by atoms with Crippen molar-refractivity contribution in [3.8, 4) is 0 Å². The van der Waals surface area contributed by atoms with Crippen molar-refractivity contribution >= 4 is 17.7 Å². The zero-order valence-electron chi connectivity index (χ0n) is 13.5. The predicted octanol–water partition coefficient (Wildman–Crippen LogP) is 2.65. The van der Waals surface area contributed by atoms with Gasteiger partial charge in [0.2, 0.25) is 11.9 Å². The van der Waals surface area contributed by atoms with Crippen LogP contribution < -0.4 is 5.32 Å². The number of amides is 1. The highest BCUT2D eigenvalue weighted by atomic mass is 16.2. The minimum absolute atomic E-state index is 0.131. The number of piperidine rings is 1. The molecule has 1 amide bonds. The first-order valence-corrected chi connectivity index (χ1v) is 7.90. The van der Waals surface area contributed by atoms with Crippen LogP contribution in [0.3, 0.4) is 0 Å². The number of nitrogens with one attached hydrogen (secondary N) is 1. The van der Waals surface area contributed by atoms with Crippen LogP contribution in [0.1, 0.15) is 36.9 Å². The Kier molecular flexibility index (Phi) is 4.50. The fourth-order valence-corrected chi connectivity index (χ4v) is 2.82. The quantitative estimate of drug-likeness (QED) is 0.943. The molecule has 1 saturated heterocycles. The van der Waals surface area contributed by atoms with Gasteiger partial charge in [0.05, 0.1) is 5.69 Å². The molecule has 2 aromatic rings. The van der Waals surface area contributed by atoms with Crippen molar-refractivity contribution in [2.45, 2.75) is 32.6 Å². The maximum Gasteiger partial charge on any atom is 0.228 e. The summed E-state index contributed by atoms with van der Waals surface area (Å²) in [4.78, 5) is 26.7. The fourth-order valence-electron chi connectivity index (χ4n) is 2.82. The number of carbonyl (C=O) groups excluding carboxylic acids is 1. The Labute approximate surface area is 136 Å². The number of anilines is 2. The molecule has 0 spiro atoms. The zero-order valence-corrected chi connectivity index (χ0v) is 13.5. The van der Waals surface area contributed by atoms with Gasteiger partial charge < -0.3 is 10.2 Å². The molecule has 23 heavy (non-hydrogen) atoms. The molecule has 0 saturated carbocycles. The molecule has 6 heteroatoms. The molecule has 0 radical (unpaired) electrons. The Morgan fingerprint density at radius 2 is 2.17 bits per heavy atom. The highest BCUT2D eigenvalue weighted by Gasteiger charge is 2.24. The van der Waals surface area contributed by atoms with Crippen LogP contribution in [0.25, 0.3) is 0 Å². The second-order valence-corrected chi connectivity index (χ2v) is 5.96. The number of aromatic nitrogens is 3. The van der Waals surface area contributed by atoms with Crippen molar-refractivity contribution in [3.05, 3.63) is 41.9 Å². The van der Waals surface area contributed by atoms with Crippen molar-refractivity contribution in [2.24, 2.45) is 0 Å². The smallest absolute Gasteiger partial charge is 0.228 e. The minimum Gasteiger partial charge on any atom is -0.342 e. The number of pyridine rings is 1. The van der Waals surface area contributed by atoms with E-state index < -0.39 is 0 Å². The molecule has 3 rings (SSSR count). The summed E-state index contributed by atoms with van der Waals surface area (Å²) in [6.45, 7) is 5.19. The summed E-state index contributed by atoms with van der Waals surface area (Å²) in [5, 5.41) is 3.13. The third-order valence-corrected chi connectivity index (χ3v) is 4.11. The van der Waals surface area contributed by atoms with Crippen molar-refractivity contribution in [2.75, 3.05) is 18.4 Å². The topological polar surface area (TPSA) is 71.0 Å². The van der Waals surface area contributed by atoms with E-state index in [-0.39, 0.29) is 11.8 Å². The number of hydrogen-bond donors (Lipinski definition) is 1. The largest absolute Gasteiger partial charge is 0.342 e. The van der Waals surface area contributed by atoms with Gasteiger partial charge >= 0.3 is 0 Å². The molecule has 0 unspecified atom stereocenters. The van der Waals surface area contributed by atoms with Crippen molar-refractivity contribution < 1.29 is 4.79 Å². The SMILES string of the molecule is CC(=O)N1CCC[C@H](c2ccnc(Nc3ccc(C)cn3)n2)C1. The van der Waals surface area contributed by atoms with Gasteiger partial charge in [0.25, 0.3) is 0 Å². The van der Waals surface area contributed by atoms with Crippen molar-refractivity contribution in [1.82, 2.24) is 19.9 Å². The molecule has 1 aliphatic rings. The number of aryl methyl sites for hydroxylation is 1. The van der Waals surface area contributed by atoms with E-state index in [1.54, 1.807) is 19.3 Å². The van der Waals surface area contributed by atoms with Crippen LogP contribution in [0, 0.1) is 6.92 Å². The second kappa shape index (κ2) is 6.73. The van der Waals surface area contributed by atoms with Gasteiger partial charge in [-0.05, 0) is 37.5 Å². The second-order valence-electron chi connectivity index (χ2n) is 5.96. The van der Waals surface area contributed by atoms with E-state index in [0.29, 0.717) is 5.95 Å². The monoisotopic (exact) mass is 311 g/mol. The van der Waals surface area contributed by atoms with Crippen molar-refractivity contribution in [1.29, 1.82) is 0 Å². The van der Waals surface area contributed by atoms with Crippen LogP contribution in [0.4, 0.5) is 11.8 Å². The van der Waals surface area contributed by atoms with E-state index in [1.807, 2.05) is 30.0 Å². The fraction of sp³-hybridized carbons (Fsp3) is 0.412. The maximum atomic E-state index is 11.6. The van der Waals surface area contributed by atoms with Crippen LogP contribution in [0.15, 0.2) is 30.6 Å². The Morgan fingerprint density at radius 3 is 2.91 bits per heavy atom. The molecule has 0 aromatic carbocycles. The van der Waals surface area contributed by atoms with E-state index in [0.717, 1.165) is 43.0 Å². The molecule has 6 nitrogen and oxygen atoms in total. The van der Waals surface area contributed by atoms with E-state index in [1.165, 1.54) is 0 Å². The summed E-state index contributed by atoms with van der Waals surface area (Å²) in [5.74, 6) is 1.66. The zero-order chi connectivity index (χ0) is 16.2. The lowest BCUT2D eigenvalue weighted by atomic mass is 9.94. The van der Waals surface area contributed by atoms with Crippen LogP contribution in [0.5, 0.6) is 0 Å². The lowest BCUT2D eigenvalue weighted by Crippen LogP contribution is -2.37. The lowest BCUT2D eigenvalue weighted by molar-refractivity contribution is -0.130. The van der Waals surface area contributed by atoms with Crippen LogP contribution in [0.2, 0.25) is 0 Å². The van der Waals surface area contributed by atoms with Gasteiger partial charge in [0.1, 0.15) is 5.82 Å². The highest BCUT2D eigenvalue weighted by Crippen LogP contribution is 2.26. The number of hydrogen-bond acceptors (Lipinski definition) is 5. The first-order valence-electron chi connectivity index (χ1n) is 7.90. The maximum absolute atomic E-state index is 11.6. The number of nitrogens with zero attached hydrogens (tertiary/aromatic N) is 4. The highest BCUT2D eigenvalue weighted by molar-refractivity contribution is 5.73. The summed E-state index contributed by atoms with van der Waals surface area (Å²) in [7, 11) is 0. The summed E-state index contributed by atoms with van der Waals surface area (Å²) >= 11 is 0. The van der Waals surface area contributed by atoms with Gasteiger partial charge in [0.15, 0.2) is 0 Å². The van der Waals surface area contributed by atoms with Gasteiger partial charge in [-0.15, -0.1) is 0 Å². The normalized spacial score (nSPS) is 17.8. The van der Waals surface area contributed by atoms with Gasteiger partial charge in [-0.1, -0.05) is 6.07 Å². The molecule has 120 valence electrons. The van der Waals surface area contributed by atoms with Crippen LogP contribution in [-0.2, 0) is 4.79 Å². The molecule has 3 heterocycles. The molecule has 1 aliphatic heterocycles. The van der Waals surface area contributed by atoms with Crippen LogP contribution in [-0.4, -0.2) is 38.8 Å². The molecule has 2 aromatic heterocycles. The standard InChI is InChI=1S/C17H21N5O/c1-12-5-6-16(19-10-12)21-17-18-8-7-15(20-17)14-4-3-9-22(11-14)13(2)23/h5-8,10,14H,3-4,9,11H2,1-2H3,(H,18,19,20,21)/t14-/m0/s1. The number of carbonyl (C=O) groups is 1. The van der Waals surface area contributed by atoms with Gasteiger partial charge in [-0.25, -0.2) is 15.0 Å². The minimum atomic E-state index is 0.131. The average Bonchev–Trinajstić information content (AvgIpc) is 2.57. The Hall–Kier alpha value is -2.50. The molecule has 0 bridgehead atoms. The van der Waals surface area contributed by atoms with Gasteiger partial charge in [-0.3, -0.25) is 4.79 Å². The summed E-state index contributed by atoms with van der Waals surface area (Å²) < 4.78 is 0. The first kappa shape index (κ1) is 15.4. The Morgan fingerprint density at radius 1 is 1.30 bits per heavy atom. The van der Waals surface area contributed by atoms with E-state index in [9.17, 15) is 4.79 Å². The Balaban J connectivity index is 1.74. The molecular weight excluding hydrogens is 290 g/mol. The summed E-state index contributed by atoms with van der Waals surface area (Å²) in [6.07, 6.45) is 5.61. The average molecular weight is 311 g/mol. The molecule has 1 fully saturated rings. The van der Waals surface area contributed by atoms with Crippen molar-refractivity contribution in [3.63, 3.8) is 0 Å². The predicted molar refractivity (Wildman–Crippen MR) is 88.5 cm³/mol. The molecule has 1 atom stereocenters.